The van der Waals surface area contributed by atoms with Crippen LogP contribution in [0, 0.1) is 5.82 Å². The summed E-state index contributed by atoms with van der Waals surface area (Å²) in [6.45, 7) is 0.264. The Bertz CT molecular complexity index is 503. The van der Waals surface area contributed by atoms with Gasteiger partial charge in [-0.05, 0) is 12.1 Å². The molecular weight excluding hydrogens is 254 g/mol. The molecule has 0 spiro atoms. The monoisotopic (exact) mass is 260 g/mol. The van der Waals surface area contributed by atoms with Crippen molar-refractivity contribution in [3.63, 3.8) is 0 Å². The first-order valence-corrected chi connectivity index (χ1v) is 5.13. The van der Waals surface area contributed by atoms with E-state index < -0.39 is 5.82 Å². The largest absolute Gasteiger partial charge is 0.325 e. The Balaban J connectivity index is 2.57. The average molecular weight is 261 g/mol. The molecule has 2 rings (SSSR count). The molecule has 7 heteroatoms. The molecule has 16 heavy (non-hydrogen) atoms. The Kier molecular flexibility index (Phi) is 3.09. The van der Waals surface area contributed by atoms with Gasteiger partial charge >= 0.3 is 0 Å². The summed E-state index contributed by atoms with van der Waals surface area (Å²) in [5, 5.41) is 7.38. The quantitative estimate of drug-likeness (QED) is 0.843. The standard InChI is InChI=1S/C9H7Cl2FN4/c10-7-1-5(2-8(11)9(7)12)16-6(3-13)4-14-15-16/h1-2,4H,3,13H2. The van der Waals surface area contributed by atoms with E-state index in [4.69, 9.17) is 28.9 Å². The van der Waals surface area contributed by atoms with Crippen molar-refractivity contribution in [2.24, 2.45) is 5.73 Å². The van der Waals surface area contributed by atoms with Crippen molar-refractivity contribution < 1.29 is 4.39 Å². The van der Waals surface area contributed by atoms with Gasteiger partial charge in [-0.2, -0.15) is 0 Å². The molecule has 0 fully saturated rings. The SMILES string of the molecule is NCc1cnnn1-c1cc(Cl)c(F)c(Cl)c1. The maximum Gasteiger partial charge on any atom is 0.160 e. The van der Waals surface area contributed by atoms with Crippen LogP contribution >= 0.6 is 23.2 Å². The fourth-order valence-electron chi connectivity index (χ4n) is 1.28. The fourth-order valence-corrected chi connectivity index (χ4v) is 1.75. The molecule has 0 saturated carbocycles. The Morgan fingerprint density at radius 3 is 2.50 bits per heavy atom. The van der Waals surface area contributed by atoms with Gasteiger partial charge in [-0.15, -0.1) is 5.10 Å². The lowest BCUT2D eigenvalue weighted by molar-refractivity contribution is 0.627. The zero-order valence-corrected chi connectivity index (χ0v) is 9.50. The van der Waals surface area contributed by atoms with Crippen LogP contribution < -0.4 is 5.73 Å². The van der Waals surface area contributed by atoms with Crippen molar-refractivity contribution in [2.75, 3.05) is 0 Å². The van der Waals surface area contributed by atoms with Crippen molar-refractivity contribution >= 4 is 23.2 Å². The number of nitrogens with two attached hydrogens (primary N) is 1. The lowest BCUT2D eigenvalue weighted by atomic mass is 10.3. The molecular formula is C9H7Cl2FN4. The summed E-state index contributed by atoms with van der Waals surface area (Å²) in [5.41, 5.74) is 6.70. The summed E-state index contributed by atoms with van der Waals surface area (Å²) in [6, 6.07) is 2.83. The van der Waals surface area contributed by atoms with Crippen LogP contribution in [0.2, 0.25) is 10.0 Å². The summed E-state index contributed by atoms with van der Waals surface area (Å²) in [6.07, 6.45) is 1.52. The van der Waals surface area contributed by atoms with Gasteiger partial charge in [-0.3, -0.25) is 0 Å². The third-order valence-electron chi connectivity index (χ3n) is 2.04. The highest BCUT2D eigenvalue weighted by Crippen LogP contribution is 2.26. The highest BCUT2D eigenvalue weighted by molar-refractivity contribution is 6.35. The van der Waals surface area contributed by atoms with E-state index in [1.807, 2.05) is 0 Å². The topological polar surface area (TPSA) is 56.7 Å². The van der Waals surface area contributed by atoms with Gasteiger partial charge < -0.3 is 5.73 Å². The maximum absolute atomic E-state index is 13.2. The van der Waals surface area contributed by atoms with Gasteiger partial charge in [0.25, 0.3) is 0 Å². The molecule has 2 aromatic rings. The zero-order valence-electron chi connectivity index (χ0n) is 7.99. The fraction of sp³-hybridized carbons (Fsp3) is 0.111. The number of benzene rings is 1. The first-order valence-electron chi connectivity index (χ1n) is 4.38. The Morgan fingerprint density at radius 2 is 1.94 bits per heavy atom. The summed E-state index contributed by atoms with van der Waals surface area (Å²) in [5.74, 6) is -0.651. The second-order valence-corrected chi connectivity index (χ2v) is 3.88. The van der Waals surface area contributed by atoms with Gasteiger partial charge in [0.05, 0.1) is 27.6 Å². The minimum atomic E-state index is -0.651. The van der Waals surface area contributed by atoms with E-state index in [0.29, 0.717) is 11.4 Å². The number of hydrogen-bond donors (Lipinski definition) is 1. The molecule has 0 radical (unpaired) electrons. The van der Waals surface area contributed by atoms with Crippen molar-refractivity contribution in [3.8, 4) is 5.69 Å². The molecule has 0 aliphatic rings. The molecule has 1 heterocycles. The van der Waals surface area contributed by atoms with Crippen molar-refractivity contribution in [1.29, 1.82) is 0 Å². The van der Waals surface area contributed by atoms with E-state index in [-0.39, 0.29) is 16.6 Å². The first-order chi connectivity index (χ1) is 7.63. The minimum Gasteiger partial charge on any atom is -0.325 e. The minimum absolute atomic E-state index is 0.0685. The molecule has 1 aromatic heterocycles. The molecule has 1 aromatic carbocycles. The number of hydrogen-bond acceptors (Lipinski definition) is 3. The van der Waals surface area contributed by atoms with Gasteiger partial charge in [0, 0.05) is 6.54 Å². The number of nitrogens with zero attached hydrogens (tertiary/aromatic N) is 3. The van der Waals surface area contributed by atoms with Crippen molar-refractivity contribution in [2.45, 2.75) is 6.54 Å². The molecule has 4 nitrogen and oxygen atoms in total. The van der Waals surface area contributed by atoms with Crippen LogP contribution in [0.15, 0.2) is 18.3 Å². The van der Waals surface area contributed by atoms with Crippen molar-refractivity contribution in [1.82, 2.24) is 15.0 Å². The van der Waals surface area contributed by atoms with Gasteiger partial charge in [0.15, 0.2) is 5.82 Å². The summed E-state index contributed by atoms with van der Waals surface area (Å²) < 4.78 is 14.7. The van der Waals surface area contributed by atoms with Crippen LogP contribution in [0.5, 0.6) is 0 Å². The molecule has 0 aliphatic carbocycles. The van der Waals surface area contributed by atoms with Crippen LogP contribution in [0.1, 0.15) is 5.69 Å². The Labute approximate surface area is 101 Å². The average Bonchev–Trinajstić information content (AvgIpc) is 2.73. The first kappa shape index (κ1) is 11.3. The highest BCUT2D eigenvalue weighted by Gasteiger charge is 2.11. The molecule has 84 valence electrons. The van der Waals surface area contributed by atoms with E-state index in [1.165, 1.54) is 23.0 Å². The zero-order chi connectivity index (χ0) is 11.7. The van der Waals surface area contributed by atoms with E-state index in [9.17, 15) is 4.39 Å². The normalized spacial score (nSPS) is 10.8. The molecule has 0 atom stereocenters. The van der Waals surface area contributed by atoms with Crippen LogP contribution in [-0.2, 0) is 6.54 Å². The van der Waals surface area contributed by atoms with E-state index in [1.54, 1.807) is 0 Å². The smallest absolute Gasteiger partial charge is 0.160 e. The Morgan fingerprint density at radius 1 is 1.31 bits per heavy atom. The summed E-state index contributed by atoms with van der Waals surface area (Å²) in [4.78, 5) is 0. The van der Waals surface area contributed by atoms with Gasteiger partial charge in [-0.1, -0.05) is 28.4 Å². The number of halogens is 3. The molecule has 0 amide bonds. The van der Waals surface area contributed by atoms with E-state index in [0.717, 1.165) is 0 Å². The lowest BCUT2D eigenvalue weighted by Crippen LogP contribution is -2.07. The van der Waals surface area contributed by atoms with Crippen LogP contribution in [-0.4, -0.2) is 15.0 Å². The van der Waals surface area contributed by atoms with Gasteiger partial charge in [0.2, 0.25) is 0 Å². The van der Waals surface area contributed by atoms with E-state index in [2.05, 4.69) is 10.3 Å². The van der Waals surface area contributed by atoms with E-state index >= 15 is 0 Å². The van der Waals surface area contributed by atoms with Gasteiger partial charge in [0.1, 0.15) is 0 Å². The van der Waals surface area contributed by atoms with Crippen LogP contribution in [0.3, 0.4) is 0 Å². The predicted molar refractivity (Wildman–Crippen MR) is 59.2 cm³/mol. The molecule has 0 unspecified atom stereocenters. The van der Waals surface area contributed by atoms with Gasteiger partial charge in [-0.25, -0.2) is 9.07 Å². The molecule has 0 saturated heterocycles. The summed E-state index contributed by atoms with van der Waals surface area (Å²) in [7, 11) is 0. The number of aromatic nitrogens is 3. The third kappa shape index (κ3) is 1.89. The molecule has 0 aliphatic heterocycles. The van der Waals surface area contributed by atoms with Crippen LogP contribution in [0.4, 0.5) is 4.39 Å². The third-order valence-corrected chi connectivity index (χ3v) is 2.59. The number of rotatable bonds is 2. The highest BCUT2D eigenvalue weighted by atomic mass is 35.5. The molecule has 2 N–H and O–H groups in total. The van der Waals surface area contributed by atoms with Crippen LogP contribution in [0.25, 0.3) is 5.69 Å². The molecule has 0 bridgehead atoms. The lowest BCUT2D eigenvalue weighted by Gasteiger charge is -2.06. The Hall–Kier alpha value is -1.17. The maximum atomic E-state index is 13.2. The predicted octanol–water partition coefficient (Wildman–Crippen LogP) is 2.17. The van der Waals surface area contributed by atoms with Crippen molar-refractivity contribution in [3.05, 3.63) is 39.9 Å². The second-order valence-electron chi connectivity index (χ2n) is 3.06. The summed E-state index contributed by atoms with van der Waals surface area (Å²) >= 11 is 11.4. The second kappa shape index (κ2) is 4.37.